The molecule has 0 radical (unpaired) electrons. The molecule has 0 saturated heterocycles. The van der Waals surface area contributed by atoms with Gasteiger partial charge in [0.15, 0.2) is 11.6 Å². The van der Waals surface area contributed by atoms with Crippen LogP contribution in [0.1, 0.15) is 31.3 Å². The molecule has 22 heavy (non-hydrogen) atoms. The highest BCUT2D eigenvalue weighted by Crippen LogP contribution is 2.28. The van der Waals surface area contributed by atoms with Gasteiger partial charge in [0.05, 0.1) is 25.3 Å². The molecular formula is C15H21N5O2. The Kier molecular flexibility index (Phi) is 5.08. The molecule has 0 bridgehead atoms. The molecule has 2 aromatic rings. The van der Waals surface area contributed by atoms with Crippen molar-refractivity contribution in [1.82, 2.24) is 19.7 Å². The van der Waals surface area contributed by atoms with Crippen molar-refractivity contribution in [1.29, 1.82) is 0 Å². The summed E-state index contributed by atoms with van der Waals surface area (Å²) < 4.78 is 7.17. The number of ether oxygens (including phenoxy) is 1. The predicted molar refractivity (Wildman–Crippen MR) is 82.3 cm³/mol. The van der Waals surface area contributed by atoms with Crippen LogP contribution in [0.3, 0.4) is 0 Å². The lowest BCUT2D eigenvalue weighted by Gasteiger charge is -2.09. The summed E-state index contributed by atoms with van der Waals surface area (Å²) in [5.41, 5.74) is 6.91. The summed E-state index contributed by atoms with van der Waals surface area (Å²) in [6, 6.07) is 1.90. The Hall–Kier alpha value is -2.44. The zero-order valence-electron chi connectivity index (χ0n) is 13.2. The average molecular weight is 303 g/mol. The van der Waals surface area contributed by atoms with Crippen molar-refractivity contribution < 1.29 is 9.53 Å². The second kappa shape index (κ2) is 7.02. The molecule has 2 rings (SSSR count). The zero-order chi connectivity index (χ0) is 16.1. The molecule has 2 N–H and O–H groups in total. The Balaban J connectivity index is 2.49. The van der Waals surface area contributed by atoms with Crippen molar-refractivity contribution in [3.8, 4) is 17.1 Å². The summed E-state index contributed by atoms with van der Waals surface area (Å²) in [6.45, 7) is 4.74. The number of nitrogens with zero attached hydrogens (tertiary/aromatic N) is 4. The van der Waals surface area contributed by atoms with Gasteiger partial charge in [0.1, 0.15) is 5.75 Å². The Labute approximate surface area is 129 Å². The third-order valence-corrected chi connectivity index (χ3v) is 3.24. The summed E-state index contributed by atoms with van der Waals surface area (Å²) in [6.07, 6.45) is 3.70. The number of aromatic nitrogens is 4. The van der Waals surface area contributed by atoms with E-state index in [1.807, 2.05) is 13.0 Å². The number of unbranched alkanes of at least 4 members (excludes halogenated alkanes) is 1. The Bertz CT molecular complexity index is 666. The smallest absolute Gasteiger partial charge is 0.225 e. The van der Waals surface area contributed by atoms with Gasteiger partial charge in [-0.3, -0.25) is 9.78 Å². The SMILES string of the molecule is CCCCn1nc(CC(N)=O)nc1-c1cc(C)ncc1OC. The number of carbonyl (C=O) groups is 1. The maximum absolute atomic E-state index is 11.1. The molecule has 2 aromatic heterocycles. The van der Waals surface area contributed by atoms with Gasteiger partial charge in [-0.2, -0.15) is 5.10 Å². The first-order chi connectivity index (χ1) is 10.5. The van der Waals surface area contributed by atoms with Crippen molar-refractivity contribution >= 4 is 5.91 Å². The lowest BCUT2D eigenvalue weighted by atomic mass is 10.2. The van der Waals surface area contributed by atoms with Crippen LogP contribution < -0.4 is 10.5 Å². The largest absolute Gasteiger partial charge is 0.494 e. The number of rotatable bonds is 7. The van der Waals surface area contributed by atoms with Crippen LogP contribution in [0.2, 0.25) is 0 Å². The molecule has 0 fully saturated rings. The molecule has 118 valence electrons. The van der Waals surface area contributed by atoms with E-state index >= 15 is 0 Å². The topological polar surface area (TPSA) is 95.9 Å². The summed E-state index contributed by atoms with van der Waals surface area (Å²) in [5.74, 6) is 1.28. The standard InChI is InChI=1S/C15H21N5O2/c1-4-5-6-20-15(18-14(19-20)8-13(16)21)11-7-10(2)17-9-12(11)22-3/h7,9H,4-6,8H2,1-3H3,(H2,16,21). The van der Waals surface area contributed by atoms with Crippen LogP contribution in [0.4, 0.5) is 0 Å². The number of amides is 1. The second-order valence-electron chi connectivity index (χ2n) is 5.10. The second-order valence-corrected chi connectivity index (χ2v) is 5.10. The molecule has 0 unspecified atom stereocenters. The lowest BCUT2D eigenvalue weighted by molar-refractivity contribution is -0.117. The van der Waals surface area contributed by atoms with Crippen LogP contribution in [0.5, 0.6) is 5.75 Å². The monoisotopic (exact) mass is 303 g/mol. The van der Waals surface area contributed by atoms with E-state index in [0.717, 1.165) is 30.6 Å². The maximum atomic E-state index is 11.1. The zero-order valence-corrected chi connectivity index (χ0v) is 13.2. The first-order valence-electron chi connectivity index (χ1n) is 7.28. The molecular weight excluding hydrogens is 282 g/mol. The Morgan fingerprint density at radius 3 is 2.86 bits per heavy atom. The summed E-state index contributed by atoms with van der Waals surface area (Å²) in [4.78, 5) is 19.8. The van der Waals surface area contributed by atoms with Gasteiger partial charge in [-0.25, -0.2) is 9.67 Å². The minimum absolute atomic E-state index is 0.0263. The predicted octanol–water partition coefficient (Wildman–Crippen LogP) is 1.49. The van der Waals surface area contributed by atoms with Crippen molar-refractivity contribution in [3.05, 3.63) is 23.8 Å². The number of methoxy groups -OCH3 is 1. The molecule has 2 heterocycles. The molecule has 0 atom stereocenters. The molecule has 0 spiro atoms. The summed E-state index contributed by atoms with van der Waals surface area (Å²) in [5, 5.41) is 4.40. The van der Waals surface area contributed by atoms with Crippen LogP contribution in [0.25, 0.3) is 11.4 Å². The lowest BCUT2D eigenvalue weighted by Crippen LogP contribution is -2.14. The number of hydrogen-bond donors (Lipinski definition) is 1. The molecule has 0 aliphatic heterocycles. The summed E-state index contributed by atoms with van der Waals surface area (Å²) in [7, 11) is 1.59. The Morgan fingerprint density at radius 1 is 1.45 bits per heavy atom. The first kappa shape index (κ1) is 15.9. The number of aryl methyl sites for hydroxylation is 2. The van der Waals surface area contributed by atoms with E-state index in [1.165, 1.54) is 0 Å². The molecule has 1 amide bonds. The van der Waals surface area contributed by atoms with Crippen LogP contribution in [-0.4, -0.2) is 32.8 Å². The molecule has 0 aliphatic rings. The van der Waals surface area contributed by atoms with E-state index in [2.05, 4.69) is 22.0 Å². The van der Waals surface area contributed by atoms with Crippen LogP contribution in [0.15, 0.2) is 12.3 Å². The van der Waals surface area contributed by atoms with Gasteiger partial charge in [-0.1, -0.05) is 13.3 Å². The van der Waals surface area contributed by atoms with E-state index in [1.54, 1.807) is 18.0 Å². The van der Waals surface area contributed by atoms with Gasteiger partial charge < -0.3 is 10.5 Å². The van der Waals surface area contributed by atoms with Crippen molar-refractivity contribution in [2.45, 2.75) is 39.7 Å². The van der Waals surface area contributed by atoms with Crippen LogP contribution >= 0.6 is 0 Å². The first-order valence-corrected chi connectivity index (χ1v) is 7.28. The van der Waals surface area contributed by atoms with E-state index in [4.69, 9.17) is 10.5 Å². The highest BCUT2D eigenvalue weighted by molar-refractivity contribution is 5.76. The molecule has 0 aliphatic carbocycles. The van der Waals surface area contributed by atoms with Crippen LogP contribution in [-0.2, 0) is 17.8 Å². The van der Waals surface area contributed by atoms with E-state index < -0.39 is 5.91 Å². The fourth-order valence-corrected chi connectivity index (χ4v) is 2.17. The van der Waals surface area contributed by atoms with Gasteiger partial charge in [0.25, 0.3) is 0 Å². The van der Waals surface area contributed by atoms with E-state index in [0.29, 0.717) is 17.4 Å². The van der Waals surface area contributed by atoms with Gasteiger partial charge >= 0.3 is 0 Å². The van der Waals surface area contributed by atoms with Crippen LogP contribution in [0, 0.1) is 6.92 Å². The summed E-state index contributed by atoms with van der Waals surface area (Å²) >= 11 is 0. The molecule has 7 heteroatoms. The average Bonchev–Trinajstić information content (AvgIpc) is 2.86. The maximum Gasteiger partial charge on any atom is 0.225 e. The van der Waals surface area contributed by atoms with Crippen molar-refractivity contribution in [2.24, 2.45) is 5.73 Å². The van der Waals surface area contributed by atoms with E-state index in [-0.39, 0.29) is 6.42 Å². The molecule has 0 aromatic carbocycles. The fraction of sp³-hybridized carbons (Fsp3) is 0.467. The van der Waals surface area contributed by atoms with Gasteiger partial charge in [-0.05, 0) is 19.4 Å². The van der Waals surface area contributed by atoms with E-state index in [9.17, 15) is 4.79 Å². The highest BCUT2D eigenvalue weighted by atomic mass is 16.5. The van der Waals surface area contributed by atoms with Crippen molar-refractivity contribution in [2.75, 3.05) is 7.11 Å². The van der Waals surface area contributed by atoms with Gasteiger partial charge in [0.2, 0.25) is 5.91 Å². The number of nitrogens with two attached hydrogens (primary N) is 1. The Morgan fingerprint density at radius 2 is 2.23 bits per heavy atom. The number of primary amides is 1. The number of carbonyl (C=O) groups excluding carboxylic acids is 1. The molecule has 7 nitrogen and oxygen atoms in total. The third kappa shape index (κ3) is 3.60. The molecule has 0 saturated carbocycles. The number of pyridine rings is 1. The highest BCUT2D eigenvalue weighted by Gasteiger charge is 2.17. The minimum atomic E-state index is -0.447. The fourth-order valence-electron chi connectivity index (χ4n) is 2.17. The number of hydrogen-bond acceptors (Lipinski definition) is 5. The quantitative estimate of drug-likeness (QED) is 0.836. The van der Waals surface area contributed by atoms with Crippen molar-refractivity contribution in [3.63, 3.8) is 0 Å². The minimum Gasteiger partial charge on any atom is -0.494 e. The third-order valence-electron chi connectivity index (χ3n) is 3.24. The normalized spacial score (nSPS) is 10.7. The van der Waals surface area contributed by atoms with Gasteiger partial charge in [-0.15, -0.1) is 0 Å². The van der Waals surface area contributed by atoms with Gasteiger partial charge in [0, 0.05) is 12.2 Å².